The fourth-order valence-electron chi connectivity index (χ4n) is 3.04. The number of carbonyl (C=O) groups is 2. The summed E-state index contributed by atoms with van der Waals surface area (Å²) in [6, 6.07) is 16.5. The lowest BCUT2D eigenvalue weighted by Gasteiger charge is -2.29. The van der Waals surface area contributed by atoms with Gasteiger partial charge < -0.3 is 20.3 Å². The molecule has 3 rings (SSSR count). The van der Waals surface area contributed by atoms with E-state index in [9.17, 15) is 9.59 Å². The summed E-state index contributed by atoms with van der Waals surface area (Å²) in [4.78, 5) is 26.7. The van der Waals surface area contributed by atoms with Crippen LogP contribution in [0.15, 0.2) is 54.6 Å². The quantitative estimate of drug-likeness (QED) is 0.824. The van der Waals surface area contributed by atoms with Crippen LogP contribution in [0.2, 0.25) is 0 Å². The van der Waals surface area contributed by atoms with Gasteiger partial charge in [-0.25, -0.2) is 0 Å². The lowest BCUT2D eigenvalue weighted by atomic mass is 10.1. The van der Waals surface area contributed by atoms with Crippen molar-refractivity contribution in [2.75, 3.05) is 36.5 Å². The number of nitrogens with zero attached hydrogens (tertiary/aromatic N) is 1. The van der Waals surface area contributed by atoms with Crippen LogP contribution < -0.4 is 15.5 Å². The Morgan fingerprint density at radius 1 is 1.07 bits per heavy atom. The van der Waals surface area contributed by atoms with Gasteiger partial charge in [-0.15, -0.1) is 0 Å². The summed E-state index contributed by atoms with van der Waals surface area (Å²) < 4.78 is 5.38. The van der Waals surface area contributed by atoms with Gasteiger partial charge in [0.25, 0.3) is 5.91 Å². The maximum absolute atomic E-state index is 12.3. The number of carbonyl (C=O) groups excluding carboxylic acids is 2. The first kappa shape index (κ1) is 18.9. The fraction of sp³-hybridized carbons (Fsp3) is 0.333. The second kappa shape index (κ2) is 9.19. The van der Waals surface area contributed by atoms with Crippen molar-refractivity contribution in [2.45, 2.75) is 19.4 Å². The molecule has 27 heavy (non-hydrogen) atoms. The molecule has 0 saturated carbocycles. The van der Waals surface area contributed by atoms with Gasteiger partial charge in [-0.1, -0.05) is 24.3 Å². The molecule has 0 bridgehead atoms. The van der Waals surface area contributed by atoms with E-state index in [0.717, 1.165) is 37.7 Å². The van der Waals surface area contributed by atoms with Gasteiger partial charge >= 0.3 is 0 Å². The van der Waals surface area contributed by atoms with Crippen molar-refractivity contribution in [3.8, 4) is 0 Å². The predicted molar refractivity (Wildman–Crippen MR) is 106 cm³/mol. The molecule has 0 spiro atoms. The van der Waals surface area contributed by atoms with Crippen molar-refractivity contribution in [2.24, 2.45) is 0 Å². The number of morpholine rings is 1. The topological polar surface area (TPSA) is 70.7 Å². The van der Waals surface area contributed by atoms with Gasteiger partial charge in [0.1, 0.15) is 0 Å². The van der Waals surface area contributed by atoms with Crippen LogP contribution in [0.3, 0.4) is 0 Å². The standard InChI is InChI=1S/C21H25N3O3/c1-16(22-21(26)17-6-3-2-4-7-17)14-20(25)23-18-8-5-9-19(15-18)24-10-12-27-13-11-24/h2-9,15-16H,10-14H2,1H3,(H,22,26)(H,23,25). The van der Waals surface area contributed by atoms with E-state index in [2.05, 4.69) is 15.5 Å². The van der Waals surface area contributed by atoms with E-state index in [-0.39, 0.29) is 24.3 Å². The van der Waals surface area contributed by atoms with Crippen LogP contribution in [0.5, 0.6) is 0 Å². The minimum Gasteiger partial charge on any atom is -0.378 e. The Hall–Kier alpha value is -2.86. The van der Waals surface area contributed by atoms with Crippen molar-refractivity contribution >= 4 is 23.2 Å². The number of hydrogen-bond acceptors (Lipinski definition) is 4. The largest absolute Gasteiger partial charge is 0.378 e. The Morgan fingerprint density at radius 2 is 1.81 bits per heavy atom. The highest BCUT2D eigenvalue weighted by Gasteiger charge is 2.15. The van der Waals surface area contributed by atoms with E-state index in [4.69, 9.17) is 4.74 Å². The molecule has 6 nitrogen and oxygen atoms in total. The maximum atomic E-state index is 12.3. The Labute approximate surface area is 159 Å². The second-order valence-electron chi connectivity index (χ2n) is 6.64. The van der Waals surface area contributed by atoms with Gasteiger partial charge in [-0.05, 0) is 37.3 Å². The van der Waals surface area contributed by atoms with E-state index in [1.54, 1.807) is 12.1 Å². The highest BCUT2D eigenvalue weighted by atomic mass is 16.5. The van der Waals surface area contributed by atoms with Crippen molar-refractivity contribution in [3.05, 3.63) is 60.2 Å². The van der Waals surface area contributed by atoms with Gasteiger partial charge in [-0.2, -0.15) is 0 Å². The molecule has 1 saturated heterocycles. The minimum absolute atomic E-state index is 0.130. The maximum Gasteiger partial charge on any atom is 0.251 e. The van der Waals surface area contributed by atoms with Crippen LogP contribution in [0.25, 0.3) is 0 Å². The molecule has 2 amide bonds. The van der Waals surface area contributed by atoms with Crippen LogP contribution in [-0.4, -0.2) is 44.2 Å². The summed E-state index contributed by atoms with van der Waals surface area (Å²) in [6.45, 7) is 4.95. The van der Waals surface area contributed by atoms with Crippen molar-refractivity contribution in [1.82, 2.24) is 5.32 Å². The normalized spacial score (nSPS) is 15.1. The number of rotatable bonds is 6. The first-order valence-electron chi connectivity index (χ1n) is 9.20. The molecule has 0 aromatic heterocycles. The Kier molecular flexibility index (Phi) is 6.44. The smallest absolute Gasteiger partial charge is 0.251 e. The van der Waals surface area contributed by atoms with Gasteiger partial charge in [0.2, 0.25) is 5.91 Å². The number of amides is 2. The summed E-state index contributed by atoms with van der Waals surface area (Å²) in [5, 5.41) is 5.77. The summed E-state index contributed by atoms with van der Waals surface area (Å²) in [7, 11) is 0. The molecule has 6 heteroatoms. The molecule has 2 N–H and O–H groups in total. The summed E-state index contributed by atoms with van der Waals surface area (Å²) in [6.07, 6.45) is 0.209. The first-order valence-corrected chi connectivity index (χ1v) is 9.20. The SMILES string of the molecule is CC(CC(=O)Nc1cccc(N2CCOCC2)c1)NC(=O)c1ccccc1. The highest BCUT2D eigenvalue weighted by Crippen LogP contribution is 2.20. The van der Waals surface area contributed by atoms with E-state index >= 15 is 0 Å². The monoisotopic (exact) mass is 367 g/mol. The predicted octanol–water partition coefficient (Wildman–Crippen LogP) is 2.67. The van der Waals surface area contributed by atoms with Crippen molar-refractivity contribution in [3.63, 3.8) is 0 Å². The number of anilines is 2. The molecule has 0 aliphatic carbocycles. The van der Waals surface area contributed by atoms with Gasteiger partial charge in [0.15, 0.2) is 0 Å². The number of nitrogens with one attached hydrogen (secondary N) is 2. The zero-order chi connectivity index (χ0) is 19.1. The molecule has 1 fully saturated rings. The number of benzene rings is 2. The summed E-state index contributed by atoms with van der Waals surface area (Å²) in [5.74, 6) is -0.305. The Morgan fingerprint density at radius 3 is 2.56 bits per heavy atom. The molecule has 1 unspecified atom stereocenters. The molecule has 1 heterocycles. The summed E-state index contributed by atoms with van der Waals surface area (Å²) >= 11 is 0. The summed E-state index contributed by atoms with van der Waals surface area (Å²) in [5.41, 5.74) is 2.41. The Bertz CT molecular complexity index is 773. The molecule has 1 aliphatic rings. The minimum atomic E-state index is -0.264. The van der Waals surface area contributed by atoms with Crippen molar-refractivity contribution in [1.29, 1.82) is 0 Å². The molecular weight excluding hydrogens is 342 g/mol. The second-order valence-corrected chi connectivity index (χ2v) is 6.64. The van der Waals surface area contributed by atoms with E-state index in [1.807, 2.05) is 49.4 Å². The lowest BCUT2D eigenvalue weighted by Crippen LogP contribution is -2.36. The molecular formula is C21H25N3O3. The molecule has 0 radical (unpaired) electrons. The van der Waals surface area contributed by atoms with E-state index in [1.165, 1.54) is 0 Å². The van der Waals surface area contributed by atoms with E-state index < -0.39 is 0 Å². The third-order valence-corrected chi connectivity index (χ3v) is 4.41. The first-order chi connectivity index (χ1) is 13.1. The van der Waals surface area contributed by atoms with Crippen LogP contribution in [0.1, 0.15) is 23.7 Å². The zero-order valence-corrected chi connectivity index (χ0v) is 15.5. The average Bonchev–Trinajstić information content (AvgIpc) is 2.69. The number of ether oxygens (including phenoxy) is 1. The molecule has 2 aromatic rings. The van der Waals surface area contributed by atoms with Crippen LogP contribution in [0, 0.1) is 0 Å². The molecule has 1 aliphatic heterocycles. The third kappa shape index (κ3) is 5.56. The van der Waals surface area contributed by atoms with Crippen molar-refractivity contribution < 1.29 is 14.3 Å². The van der Waals surface area contributed by atoms with Crippen LogP contribution in [0.4, 0.5) is 11.4 Å². The molecule has 142 valence electrons. The Balaban J connectivity index is 1.52. The molecule has 1 atom stereocenters. The zero-order valence-electron chi connectivity index (χ0n) is 15.5. The van der Waals surface area contributed by atoms with Gasteiger partial charge in [0.05, 0.1) is 13.2 Å². The third-order valence-electron chi connectivity index (χ3n) is 4.41. The number of hydrogen-bond donors (Lipinski definition) is 2. The van der Waals surface area contributed by atoms with Gasteiger partial charge in [0, 0.05) is 42.5 Å². The highest BCUT2D eigenvalue weighted by molar-refractivity contribution is 5.95. The lowest BCUT2D eigenvalue weighted by molar-refractivity contribution is -0.116. The van der Waals surface area contributed by atoms with Crippen LogP contribution in [-0.2, 0) is 9.53 Å². The average molecular weight is 367 g/mol. The van der Waals surface area contributed by atoms with Gasteiger partial charge in [-0.3, -0.25) is 9.59 Å². The molecule has 2 aromatic carbocycles. The fourth-order valence-corrected chi connectivity index (χ4v) is 3.04. The van der Waals surface area contributed by atoms with Crippen LogP contribution >= 0.6 is 0 Å². The van der Waals surface area contributed by atoms with E-state index in [0.29, 0.717) is 5.56 Å².